The fourth-order valence-corrected chi connectivity index (χ4v) is 3.36. The molecule has 0 spiro atoms. The Morgan fingerprint density at radius 3 is 2.81 bits per heavy atom. The number of hydrogen-bond donors (Lipinski definition) is 1. The fourth-order valence-electron chi connectivity index (χ4n) is 3.17. The average Bonchev–Trinajstić information content (AvgIpc) is 2.46. The maximum Gasteiger partial charge on any atom is 0.141 e. The molecular weight excluding hydrogens is 285 g/mol. The molecule has 2 atom stereocenters. The van der Waals surface area contributed by atoms with Crippen molar-refractivity contribution in [2.75, 3.05) is 6.54 Å². The lowest BCUT2D eigenvalue weighted by atomic mass is 9.74. The number of rotatable bonds is 5. The van der Waals surface area contributed by atoms with Crippen LogP contribution in [-0.2, 0) is 6.42 Å². The molecule has 0 fully saturated rings. The molecule has 3 heteroatoms. The fraction of sp³-hybridized carbons (Fsp3) is 0.333. The van der Waals surface area contributed by atoms with Gasteiger partial charge in [-0.05, 0) is 54.1 Å². The van der Waals surface area contributed by atoms with Gasteiger partial charge in [-0.1, -0.05) is 48.9 Å². The molecule has 0 aromatic heterocycles. The largest absolute Gasteiger partial charge is 0.310 e. The van der Waals surface area contributed by atoms with E-state index in [-0.39, 0.29) is 16.9 Å². The van der Waals surface area contributed by atoms with Gasteiger partial charge in [0.15, 0.2) is 0 Å². The van der Waals surface area contributed by atoms with Crippen molar-refractivity contribution in [1.82, 2.24) is 5.32 Å². The van der Waals surface area contributed by atoms with Gasteiger partial charge in [-0.3, -0.25) is 0 Å². The molecule has 3 rings (SSSR count). The van der Waals surface area contributed by atoms with E-state index in [1.165, 1.54) is 17.2 Å². The van der Waals surface area contributed by atoms with Crippen LogP contribution in [0.5, 0.6) is 0 Å². The van der Waals surface area contributed by atoms with E-state index in [0.29, 0.717) is 5.92 Å². The molecular formula is C18H19ClFN. The molecule has 0 aliphatic heterocycles. The van der Waals surface area contributed by atoms with Gasteiger partial charge in [0.05, 0.1) is 5.02 Å². The molecule has 1 nitrogen and oxygen atoms in total. The Hall–Kier alpha value is -1.38. The highest BCUT2D eigenvalue weighted by atomic mass is 35.5. The second-order valence-corrected chi connectivity index (χ2v) is 6.03. The van der Waals surface area contributed by atoms with E-state index >= 15 is 0 Å². The van der Waals surface area contributed by atoms with E-state index < -0.39 is 0 Å². The van der Waals surface area contributed by atoms with Gasteiger partial charge in [-0.2, -0.15) is 0 Å². The van der Waals surface area contributed by atoms with Crippen molar-refractivity contribution in [2.45, 2.75) is 31.7 Å². The highest BCUT2D eigenvalue weighted by Gasteiger charge is 2.28. The van der Waals surface area contributed by atoms with Crippen LogP contribution in [0.1, 0.15) is 42.0 Å². The lowest BCUT2D eigenvalue weighted by Crippen LogP contribution is -2.27. The first-order chi connectivity index (χ1) is 10.2. The molecule has 0 heterocycles. The van der Waals surface area contributed by atoms with Crippen LogP contribution in [0.25, 0.3) is 0 Å². The molecule has 0 radical (unpaired) electrons. The van der Waals surface area contributed by atoms with Crippen LogP contribution in [0.2, 0.25) is 5.02 Å². The van der Waals surface area contributed by atoms with Crippen molar-refractivity contribution in [1.29, 1.82) is 0 Å². The van der Waals surface area contributed by atoms with E-state index in [1.54, 1.807) is 6.07 Å². The third-order valence-corrected chi connectivity index (χ3v) is 4.57. The van der Waals surface area contributed by atoms with Crippen molar-refractivity contribution in [3.63, 3.8) is 0 Å². The summed E-state index contributed by atoms with van der Waals surface area (Å²) in [5, 5.41) is 3.69. The van der Waals surface area contributed by atoms with E-state index in [9.17, 15) is 4.39 Å². The maximum atomic E-state index is 13.3. The van der Waals surface area contributed by atoms with Crippen LogP contribution in [0.4, 0.5) is 4.39 Å². The highest BCUT2D eigenvalue weighted by Crippen LogP contribution is 2.41. The Morgan fingerprint density at radius 1 is 1.29 bits per heavy atom. The van der Waals surface area contributed by atoms with Gasteiger partial charge in [0.2, 0.25) is 0 Å². The predicted molar refractivity (Wildman–Crippen MR) is 85.3 cm³/mol. The van der Waals surface area contributed by atoms with Gasteiger partial charge in [0, 0.05) is 6.04 Å². The van der Waals surface area contributed by atoms with Gasteiger partial charge >= 0.3 is 0 Å². The van der Waals surface area contributed by atoms with Crippen molar-refractivity contribution in [2.24, 2.45) is 0 Å². The molecule has 2 unspecified atom stereocenters. The minimum absolute atomic E-state index is 0.199. The van der Waals surface area contributed by atoms with Crippen molar-refractivity contribution < 1.29 is 4.39 Å². The quantitative estimate of drug-likeness (QED) is 0.832. The first-order valence-electron chi connectivity index (χ1n) is 7.45. The maximum absolute atomic E-state index is 13.3. The van der Waals surface area contributed by atoms with Crippen LogP contribution in [-0.4, -0.2) is 6.54 Å². The Balaban J connectivity index is 1.78. The molecule has 21 heavy (non-hydrogen) atoms. The van der Waals surface area contributed by atoms with Crippen LogP contribution < -0.4 is 5.32 Å². The third kappa shape index (κ3) is 2.97. The van der Waals surface area contributed by atoms with E-state index in [4.69, 9.17) is 11.6 Å². The van der Waals surface area contributed by atoms with Crippen LogP contribution in [0.15, 0.2) is 42.5 Å². The molecule has 110 valence electrons. The van der Waals surface area contributed by atoms with Crippen molar-refractivity contribution >= 4 is 11.6 Å². The minimum Gasteiger partial charge on any atom is -0.310 e. The van der Waals surface area contributed by atoms with Gasteiger partial charge in [0.25, 0.3) is 0 Å². The standard InChI is InChI=1S/C18H19ClFN/c1-2-21-18(13-7-8-17(20)16(19)10-13)11-14-9-12-5-3-4-6-15(12)14/h3-8,10,14,18,21H,2,9,11H2,1H3. The zero-order chi connectivity index (χ0) is 14.8. The third-order valence-electron chi connectivity index (χ3n) is 4.28. The number of hydrogen-bond acceptors (Lipinski definition) is 1. The molecule has 0 bridgehead atoms. The van der Waals surface area contributed by atoms with Crippen LogP contribution in [0, 0.1) is 5.82 Å². The molecule has 1 aliphatic carbocycles. The van der Waals surface area contributed by atoms with E-state index in [2.05, 4.69) is 36.5 Å². The summed E-state index contributed by atoms with van der Waals surface area (Å²) in [6, 6.07) is 13.8. The summed E-state index contributed by atoms with van der Waals surface area (Å²) in [5.41, 5.74) is 3.97. The molecule has 1 aliphatic rings. The summed E-state index contributed by atoms with van der Waals surface area (Å²) in [6.45, 7) is 2.97. The first-order valence-corrected chi connectivity index (χ1v) is 7.83. The summed E-state index contributed by atoms with van der Waals surface area (Å²) in [5.74, 6) is 0.221. The van der Waals surface area contributed by atoms with Crippen LogP contribution in [0.3, 0.4) is 0 Å². The first kappa shape index (κ1) is 14.6. The zero-order valence-corrected chi connectivity index (χ0v) is 12.8. The number of nitrogens with one attached hydrogen (secondary N) is 1. The van der Waals surface area contributed by atoms with Crippen LogP contribution >= 0.6 is 11.6 Å². The zero-order valence-electron chi connectivity index (χ0n) is 12.1. The Morgan fingerprint density at radius 2 is 2.10 bits per heavy atom. The van der Waals surface area contributed by atoms with Gasteiger partial charge in [-0.25, -0.2) is 4.39 Å². The SMILES string of the molecule is CCNC(CC1Cc2ccccc21)c1ccc(F)c(Cl)c1. The van der Waals surface area contributed by atoms with E-state index in [1.807, 2.05) is 6.07 Å². The molecule has 2 aromatic carbocycles. The van der Waals surface area contributed by atoms with E-state index in [0.717, 1.165) is 24.9 Å². The normalized spacial score (nSPS) is 18.0. The Labute approximate surface area is 130 Å². The monoisotopic (exact) mass is 303 g/mol. The summed E-state index contributed by atoms with van der Waals surface area (Å²) in [4.78, 5) is 0. The van der Waals surface area contributed by atoms with Gasteiger partial charge in [-0.15, -0.1) is 0 Å². The second kappa shape index (κ2) is 6.17. The molecule has 2 aromatic rings. The summed E-state index contributed by atoms with van der Waals surface area (Å²) in [7, 11) is 0. The Kier molecular flexibility index (Phi) is 4.27. The number of fused-ring (bicyclic) bond motifs is 1. The number of benzene rings is 2. The highest BCUT2D eigenvalue weighted by molar-refractivity contribution is 6.30. The number of halogens is 2. The lowest BCUT2D eigenvalue weighted by Gasteiger charge is -2.33. The minimum atomic E-state index is -0.357. The Bertz CT molecular complexity index is 641. The van der Waals surface area contributed by atoms with Crippen molar-refractivity contribution in [3.8, 4) is 0 Å². The molecule has 0 amide bonds. The smallest absolute Gasteiger partial charge is 0.141 e. The lowest BCUT2D eigenvalue weighted by molar-refractivity contribution is 0.435. The molecule has 1 N–H and O–H groups in total. The summed E-state index contributed by atoms with van der Waals surface area (Å²) >= 11 is 5.92. The average molecular weight is 304 g/mol. The second-order valence-electron chi connectivity index (χ2n) is 5.62. The summed E-state index contributed by atoms with van der Waals surface area (Å²) in [6.07, 6.45) is 2.15. The molecule has 0 saturated carbocycles. The molecule has 0 saturated heterocycles. The van der Waals surface area contributed by atoms with Crippen molar-refractivity contribution in [3.05, 3.63) is 70.0 Å². The van der Waals surface area contributed by atoms with Gasteiger partial charge in [0.1, 0.15) is 5.82 Å². The topological polar surface area (TPSA) is 12.0 Å². The van der Waals surface area contributed by atoms with Gasteiger partial charge < -0.3 is 5.32 Å². The predicted octanol–water partition coefficient (Wildman–Crippen LogP) is 4.86. The summed E-state index contributed by atoms with van der Waals surface area (Å²) < 4.78 is 13.3.